The van der Waals surface area contributed by atoms with E-state index in [1.54, 1.807) is 33.8 Å². The van der Waals surface area contributed by atoms with Crippen molar-refractivity contribution in [3.63, 3.8) is 0 Å². The molecule has 1 unspecified atom stereocenters. The Hall–Kier alpha value is -4.07. The van der Waals surface area contributed by atoms with E-state index in [-0.39, 0.29) is 30.4 Å². The number of esters is 1. The van der Waals surface area contributed by atoms with Crippen LogP contribution in [0.25, 0.3) is 0 Å². The Morgan fingerprint density at radius 3 is 2.19 bits per heavy atom. The van der Waals surface area contributed by atoms with Crippen molar-refractivity contribution in [3.8, 4) is 11.6 Å². The van der Waals surface area contributed by atoms with Crippen LogP contribution in [0.2, 0.25) is 0 Å². The average molecular weight is 507 g/mol. The maximum absolute atomic E-state index is 13.1. The Kier molecular flexibility index (Phi) is 9.49. The first-order valence-corrected chi connectivity index (χ1v) is 12.1. The van der Waals surface area contributed by atoms with E-state index in [2.05, 4.69) is 10.3 Å². The zero-order chi connectivity index (χ0) is 26.8. The molecule has 196 valence electrons. The van der Waals surface area contributed by atoms with Gasteiger partial charge >= 0.3 is 12.1 Å². The lowest BCUT2D eigenvalue weighted by Crippen LogP contribution is -2.43. The maximum atomic E-state index is 13.1. The molecule has 0 saturated heterocycles. The molecule has 37 heavy (non-hydrogen) atoms. The van der Waals surface area contributed by atoms with Crippen LogP contribution < -0.4 is 14.8 Å². The van der Waals surface area contributed by atoms with Crippen LogP contribution in [0.4, 0.5) is 4.79 Å². The number of amides is 1. The van der Waals surface area contributed by atoms with Gasteiger partial charge in [0.2, 0.25) is 5.88 Å². The predicted molar refractivity (Wildman–Crippen MR) is 140 cm³/mol. The van der Waals surface area contributed by atoms with Crippen LogP contribution in [0.1, 0.15) is 48.0 Å². The minimum absolute atomic E-state index is 0.0692. The third-order valence-electron chi connectivity index (χ3n) is 5.17. The Labute approximate surface area is 217 Å². The average Bonchev–Trinajstić information content (AvgIpc) is 2.85. The minimum Gasteiger partial charge on any atom is -0.490 e. The van der Waals surface area contributed by atoms with E-state index >= 15 is 0 Å². The number of alkyl carbamates (subject to hydrolysis) is 1. The zero-order valence-corrected chi connectivity index (χ0v) is 21.9. The van der Waals surface area contributed by atoms with Crippen molar-refractivity contribution in [2.24, 2.45) is 0 Å². The summed E-state index contributed by atoms with van der Waals surface area (Å²) in [7, 11) is 1.43. The van der Waals surface area contributed by atoms with E-state index in [0.29, 0.717) is 12.1 Å². The lowest BCUT2D eigenvalue weighted by Gasteiger charge is -2.24. The van der Waals surface area contributed by atoms with Gasteiger partial charge in [-0.1, -0.05) is 60.7 Å². The second-order valence-corrected chi connectivity index (χ2v) is 9.55. The van der Waals surface area contributed by atoms with Gasteiger partial charge in [-0.3, -0.25) is 0 Å². The van der Waals surface area contributed by atoms with Crippen LogP contribution in [0, 0.1) is 6.92 Å². The molecule has 1 aromatic heterocycles. The first kappa shape index (κ1) is 27.5. The van der Waals surface area contributed by atoms with Crippen LogP contribution in [-0.4, -0.2) is 42.4 Å². The van der Waals surface area contributed by atoms with Gasteiger partial charge in [0.05, 0.1) is 13.2 Å². The lowest BCUT2D eigenvalue weighted by atomic mass is 10.1. The molecular formula is C29H34N2O6. The molecule has 0 spiro atoms. The molecule has 1 heterocycles. The molecule has 8 nitrogen and oxygen atoms in total. The SMILES string of the molecule is COc1nc(C)cc(OCC(Cc2ccccc2)NC(=O)OC(C)(C)C)c1C(=O)OCc1ccccc1. The molecule has 3 rings (SSSR count). The highest BCUT2D eigenvalue weighted by Crippen LogP contribution is 2.29. The highest BCUT2D eigenvalue weighted by molar-refractivity contribution is 5.95. The topological polar surface area (TPSA) is 96.0 Å². The fourth-order valence-corrected chi connectivity index (χ4v) is 3.58. The van der Waals surface area contributed by atoms with Crippen molar-refractivity contribution in [3.05, 3.63) is 89.1 Å². The largest absolute Gasteiger partial charge is 0.490 e. The third kappa shape index (κ3) is 8.83. The smallest absolute Gasteiger partial charge is 0.408 e. The molecule has 0 bridgehead atoms. The Bertz CT molecular complexity index is 1180. The Morgan fingerprint density at radius 1 is 0.973 bits per heavy atom. The molecule has 1 N–H and O–H groups in total. The van der Waals surface area contributed by atoms with Gasteiger partial charge in [0, 0.05) is 11.8 Å². The number of rotatable bonds is 10. The normalized spacial score (nSPS) is 11.8. The van der Waals surface area contributed by atoms with Crippen molar-refractivity contribution < 1.29 is 28.5 Å². The van der Waals surface area contributed by atoms with Gasteiger partial charge < -0.3 is 24.3 Å². The summed E-state index contributed by atoms with van der Waals surface area (Å²) in [5.74, 6) is -0.262. The highest BCUT2D eigenvalue weighted by atomic mass is 16.6. The number of pyridine rings is 1. The molecule has 1 atom stereocenters. The number of hydrogen-bond donors (Lipinski definition) is 1. The summed E-state index contributed by atoms with van der Waals surface area (Å²) in [4.78, 5) is 29.9. The van der Waals surface area contributed by atoms with Crippen molar-refractivity contribution in [1.82, 2.24) is 10.3 Å². The lowest BCUT2D eigenvalue weighted by molar-refractivity contribution is 0.0449. The van der Waals surface area contributed by atoms with Crippen molar-refractivity contribution in [2.75, 3.05) is 13.7 Å². The van der Waals surface area contributed by atoms with Gasteiger partial charge in [0.25, 0.3) is 0 Å². The number of benzene rings is 2. The van der Waals surface area contributed by atoms with Crippen LogP contribution in [0.15, 0.2) is 66.7 Å². The first-order valence-electron chi connectivity index (χ1n) is 12.1. The van der Waals surface area contributed by atoms with Crippen molar-refractivity contribution in [2.45, 2.75) is 52.4 Å². The Morgan fingerprint density at radius 2 is 1.59 bits per heavy atom. The van der Waals surface area contributed by atoms with Crippen molar-refractivity contribution in [1.29, 1.82) is 0 Å². The number of methoxy groups -OCH3 is 1. The minimum atomic E-state index is -0.645. The summed E-state index contributed by atoms with van der Waals surface area (Å²) >= 11 is 0. The van der Waals surface area contributed by atoms with E-state index in [9.17, 15) is 9.59 Å². The molecule has 0 saturated carbocycles. The molecule has 0 aliphatic rings. The molecule has 2 aromatic carbocycles. The second kappa shape index (κ2) is 12.8. The molecule has 8 heteroatoms. The summed E-state index contributed by atoms with van der Waals surface area (Å²) < 4.78 is 22.5. The standard InChI is InChI=1S/C29H34N2O6/c1-20-16-24(25(26(30-20)34-5)27(32)36-18-22-14-10-7-11-15-22)35-19-23(17-21-12-8-6-9-13-21)31-28(33)37-29(2,3)4/h6-16,23H,17-19H2,1-5H3,(H,31,33). The molecule has 0 fully saturated rings. The number of nitrogens with zero attached hydrogens (tertiary/aromatic N) is 1. The number of aryl methyl sites for hydroxylation is 1. The molecule has 0 aliphatic carbocycles. The zero-order valence-electron chi connectivity index (χ0n) is 21.9. The van der Waals surface area contributed by atoms with E-state index < -0.39 is 23.7 Å². The van der Waals surface area contributed by atoms with E-state index in [1.807, 2.05) is 60.7 Å². The summed E-state index contributed by atoms with van der Waals surface area (Å²) in [6.07, 6.45) is -0.0577. The molecule has 3 aromatic rings. The van der Waals surface area contributed by atoms with E-state index in [1.165, 1.54) is 7.11 Å². The van der Waals surface area contributed by atoms with Gasteiger partial charge in [0.15, 0.2) is 5.56 Å². The monoisotopic (exact) mass is 506 g/mol. The van der Waals surface area contributed by atoms with Gasteiger partial charge in [-0.15, -0.1) is 0 Å². The fourth-order valence-electron chi connectivity index (χ4n) is 3.58. The number of aromatic nitrogens is 1. The van der Waals surface area contributed by atoms with Gasteiger partial charge in [-0.2, -0.15) is 0 Å². The number of carbonyl (C=O) groups is 2. The Balaban J connectivity index is 1.80. The molecule has 0 radical (unpaired) electrons. The number of ether oxygens (including phenoxy) is 4. The first-order chi connectivity index (χ1) is 17.6. The van der Waals surface area contributed by atoms with Crippen molar-refractivity contribution >= 4 is 12.1 Å². The summed E-state index contributed by atoms with van der Waals surface area (Å²) in [5.41, 5.74) is 1.90. The van der Waals surface area contributed by atoms with E-state index in [4.69, 9.17) is 18.9 Å². The molecule has 0 aliphatic heterocycles. The predicted octanol–water partition coefficient (Wildman–Crippen LogP) is 5.27. The third-order valence-corrected chi connectivity index (χ3v) is 5.17. The molecular weight excluding hydrogens is 472 g/mol. The van der Waals surface area contributed by atoms with Crippen LogP contribution in [-0.2, 0) is 22.5 Å². The summed E-state index contributed by atoms with van der Waals surface area (Å²) in [5, 5.41) is 2.88. The summed E-state index contributed by atoms with van der Waals surface area (Å²) in [6.45, 7) is 7.33. The summed E-state index contributed by atoms with van der Waals surface area (Å²) in [6, 6.07) is 20.3. The van der Waals surface area contributed by atoms with Crippen LogP contribution in [0.3, 0.4) is 0 Å². The van der Waals surface area contributed by atoms with Gasteiger partial charge in [-0.05, 0) is 45.2 Å². The second-order valence-electron chi connectivity index (χ2n) is 9.55. The van der Waals surface area contributed by atoms with Gasteiger partial charge in [-0.25, -0.2) is 14.6 Å². The highest BCUT2D eigenvalue weighted by Gasteiger charge is 2.25. The maximum Gasteiger partial charge on any atom is 0.408 e. The van der Waals surface area contributed by atoms with Crippen LogP contribution in [0.5, 0.6) is 11.6 Å². The number of hydrogen-bond acceptors (Lipinski definition) is 7. The molecule has 1 amide bonds. The number of carbonyl (C=O) groups excluding carboxylic acids is 2. The fraction of sp³-hybridized carbons (Fsp3) is 0.345. The van der Waals surface area contributed by atoms with Gasteiger partial charge in [0.1, 0.15) is 24.6 Å². The quantitative estimate of drug-likeness (QED) is 0.374. The number of nitrogens with one attached hydrogen (secondary N) is 1. The van der Waals surface area contributed by atoms with Crippen LogP contribution >= 0.6 is 0 Å². The van der Waals surface area contributed by atoms with E-state index in [0.717, 1.165) is 11.1 Å².